The Morgan fingerprint density at radius 1 is 1.22 bits per heavy atom. The molecule has 1 atom stereocenters. The van der Waals surface area contributed by atoms with E-state index in [-0.39, 0.29) is 23.7 Å². The molecule has 1 aliphatic rings. The second kappa shape index (κ2) is 7.55. The number of hydrogen-bond donors (Lipinski definition) is 1. The molecule has 1 heterocycles. The average Bonchev–Trinajstić information content (AvgIpc) is 2.49. The zero-order valence-corrected chi connectivity index (χ0v) is 13.9. The van der Waals surface area contributed by atoms with Crippen molar-refractivity contribution in [3.8, 4) is 0 Å². The Balaban J connectivity index is 2.05. The van der Waals surface area contributed by atoms with Gasteiger partial charge in [0.25, 0.3) is 0 Å². The Kier molecular flexibility index (Phi) is 5.71. The molecule has 0 aliphatic carbocycles. The van der Waals surface area contributed by atoms with Crippen LogP contribution in [0.4, 0.5) is 4.39 Å². The maximum Gasteiger partial charge on any atom is 0.244 e. The first-order chi connectivity index (χ1) is 10.9. The van der Waals surface area contributed by atoms with Crippen LogP contribution in [0.3, 0.4) is 0 Å². The van der Waals surface area contributed by atoms with Gasteiger partial charge in [0.1, 0.15) is 11.9 Å². The summed E-state index contributed by atoms with van der Waals surface area (Å²) < 4.78 is 13.1. The van der Waals surface area contributed by atoms with Crippen molar-refractivity contribution in [2.24, 2.45) is 0 Å². The highest BCUT2D eigenvalue weighted by atomic mass is 19.1. The van der Waals surface area contributed by atoms with E-state index in [2.05, 4.69) is 5.32 Å². The second-order valence-electron chi connectivity index (χ2n) is 6.22. The highest BCUT2D eigenvalue weighted by molar-refractivity contribution is 5.83. The quantitative estimate of drug-likeness (QED) is 0.915. The standard InChI is InChI=1S/C17H24FN3O2/c1-12(22)19-15-8-10-21(11-9-15)17(23)16(20(2)3)13-4-6-14(18)7-5-13/h4-7,15-16H,8-11H2,1-3H3,(H,19,22)/t16-/m0/s1. The number of benzene rings is 1. The normalized spacial score (nSPS) is 17.2. The Morgan fingerprint density at radius 3 is 2.26 bits per heavy atom. The van der Waals surface area contributed by atoms with Crippen molar-refractivity contribution < 1.29 is 14.0 Å². The van der Waals surface area contributed by atoms with E-state index in [0.29, 0.717) is 13.1 Å². The summed E-state index contributed by atoms with van der Waals surface area (Å²) in [5.41, 5.74) is 0.783. The number of carbonyl (C=O) groups is 2. The van der Waals surface area contributed by atoms with Crippen LogP contribution in [0.1, 0.15) is 31.4 Å². The van der Waals surface area contributed by atoms with E-state index in [9.17, 15) is 14.0 Å². The smallest absolute Gasteiger partial charge is 0.244 e. The van der Waals surface area contributed by atoms with Crippen molar-refractivity contribution in [2.75, 3.05) is 27.2 Å². The van der Waals surface area contributed by atoms with E-state index in [1.165, 1.54) is 19.1 Å². The lowest BCUT2D eigenvalue weighted by atomic mass is 10.0. The van der Waals surface area contributed by atoms with Gasteiger partial charge in [0.05, 0.1) is 0 Å². The topological polar surface area (TPSA) is 52.7 Å². The third-order valence-electron chi connectivity index (χ3n) is 4.15. The third-order valence-corrected chi connectivity index (χ3v) is 4.15. The molecule has 6 heteroatoms. The monoisotopic (exact) mass is 321 g/mol. The lowest BCUT2D eigenvalue weighted by Crippen LogP contribution is -2.49. The minimum absolute atomic E-state index is 0.0166. The fraction of sp³-hybridized carbons (Fsp3) is 0.529. The maximum absolute atomic E-state index is 13.1. The highest BCUT2D eigenvalue weighted by Gasteiger charge is 2.30. The predicted octanol–water partition coefficient (Wildman–Crippen LogP) is 1.56. The van der Waals surface area contributed by atoms with Gasteiger partial charge < -0.3 is 10.2 Å². The molecule has 0 radical (unpaired) electrons. The van der Waals surface area contributed by atoms with E-state index in [1.54, 1.807) is 12.1 Å². The summed E-state index contributed by atoms with van der Waals surface area (Å²) in [7, 11) is 3.69. The van der Waals surface area contributed by atoms with Gasteiger partial charge in [-0.25, -0.2) is 4.39 Å². The zero-order valence-electron chi connectivity index (χ0n) is 13.9. The van der Waals surface area contributed by atoms with Gasteiger partial charge in [-0.3, -0.25) is 14.5 Å². The van der Waals surface area contributed by atoms with E-state index < -0.39 is 6.04 Å². The van der Waals surface area contributed by atoms with Gasteiger partial charge in [0, 0.05) is 26.1 Å². The minimum atomic E-state index is -0.423. The minimum Gasteiger partial charge on any atom is -0.353 e. The van der Waals surface area contributed by atoms with Crippen molar-refractivity contribution in [1.29, 1.82) is 0 Å². The number of hydrogen-bond acceptors (Lipinski definition) is 3. The number of carbonyl (C=O) groups excluding carboxylic acids is 2. The van der Waals surface area contributed by atoms with E-state index >= 15 is 0 Å². The molecule has 0 spiro atoms. The molecule has 2 amide bonds. The summed E-state index contributed by atoms with van der Waals surface area (Å²) in [6, 6.07) is 5.78. The van der Waals surface area contributed by atoms with E-state index in [4.69, 9.17) is 0 Å². The van der Waals surface area contributed by atoms with Crippen molar-refractivity contribution in [1.82, 2.24) is 15.1 Å². The summed E-state index contributed by atoms with van der Waals surface area (Å²) in [5, 5.41) is 2.90. The maximum atomic E-state index is 13.1. The van der Waals surface area contributed by atoms with Gasteiger partial charge in [-0.1, -0.05) is 12.1 Å². The summed E-state index contributed by atoms with van der Waals surface area (Å²) >= 11 is 0. The number of nitrogens with zero attached hydrogens (tertiary/aromatic N) is 2. The molecule has 0 unspecified atom stereocenters. The number of halogens is 1. The van der Waals surface area contributed by atoms with Gasteiger partial charge in [-0.2, -0.15) is 0 Å². The summed E-state index contributed by atoms with van der Waals surface area (Å²) in [4.78, 5) is 27.6. The first-order valence-corrected chi connectivity index (χ1v) is 7.86. The summed E-state index contributed by atoms with van der Waals surface area (Å²) in [5.74, 6) is -0.329. The van der Waals surface area contributed by atoms with Crippen molar-refractivity contribution >= 4 is 11.8 Å². The van der Waals surface area contributed by atoms with Gasteiger partial charge in [0.15, 0.2) is 0 Å². The van der Waals surface area contributed by atoms with Crippen LogP contribution >= 0.6 is 0 Å². The molecule has 2 rings (SSSR count). The molecule has 126 valence electrons. The van der Waals surface area contributed by atoms with Crippen LogP contribution < -0.4 is 5.32 Å². The van der Waals surface area contributed by atoms with Crippen LogP contribution in [0.5, 0.6) is 0 Å². The molecular formula is C17H24FN3O2. The molecule has 0 aromatic heterocycles. The number of rotatable bonds is 4. The first kappa shape index (κ1) is 17.4. The van der Waals surface area contributed by atoms with Crippen molar-refractivity contribution in [3.05, 3.63) is 35.6 Å². The summed E-state index contributed by atoms with van der Waals surface area (Å²) in [6.07, 6.45) is 1.52. The Hall–Kier alpha value is -1.95. The van der Waals surface area contributed by atoms with Gasteiger partial charge >= 0.3 is 0 Å². The number of likely N-dealkylation sites (N-methyl/N-ethyl adjacent to an activating group) is 1. The van der Waals surface area contributed by atoms with Gasteiger partial charge in [-0.05, 0) is 44.6 Å². The van der Waals surface area contributed by atoms with Gasteiger partial charge in [-0.15, -0.1) is 0 Å². The fourth-order valence-electron chi connectivity index (χ4n) is 3.01. The zero-order chi connectivity index (χ0) is 17.0. The molecule has 0 bridgehead atoms. The molecular weight excluding hydrogens is 297 g/mol. The molecule has 1 aromatic carbocycles. The molecule has 1 saturated heterocycles. The average molecular weight is 321 g/mol. The molecule has 1 N–H and O–H groups in total. The van der Waals surface area contributed by atoms with Crippen molar-refractivity contribution in [2.45, 2.75) is 31.8 Å². The lowest BCUT2D eigenvalue weighted by Gasteiger charge is -2.36. The third kappa shape index (κ3) is 4.51. The summed E-state index contributed by atoms with van der Waals surface area (Å²) in [6.45, 7) is 2.75. The fourth-order valence-corrected chi connectivity index (χ4v) is 3.01. The second-order valence-corrected chi connectivity index (χ2v) is 6.22. The molecule has 23 heavy (non-hydrogen) atoms. The lowest BCUT2D eigenvalue weighted by molar-refractivity contribution is -0.137. The number of nitrogens with one attached hydrogen (secondary N) is 1. The van der Waals surface area contributed by atoms with Crippen LogP contribution in [-0.4, -0.2) is 54.8 Å². The largest absolute Gasteiger partial charge is 0.353 e. The van der Waals surface area contributed by atoms with Crippen molar-refractivity contribution in [3.63, 3.8) is 0 Å². The van der Waals surface area contributed by atoms with E-state index in [0.717, 1.165) is 18.4 Å². The Morgan fingerprint density at radius 2 is 1.78 bits per heavy atom. The molecule has 1 aromatic rings. The number of likely N-dealkylation sites (tertiary alicyclic amines) is 1. The van der Waals surface area contributed by atoms with Crippen LogP contribution in [-0.2, 0) is 9.59 Å². The predicted molar refractivity (Wildman–Crippen MR) is 86.2 cm³/mol. The Bertz CT molecular complexity index is 551. The van der Waals surface area contributed by atoms with Crippen LogP contribution in [0.25, 0.3) is 0 Å². The van der Waals surface area contributed by atoms with Crippen LogP contribution in [0.15, 0.2) is 24.3 Å². The van der Waals surface area contributed by atoms with Gasteiger partial charge in [0.2, 0.25) is 11.8 Å². The Labute approximate surface area is 136 Å². The molecule has 1 aliphatic heterocycles. The molecule has 5 nitrogen and oxygen atoms in total. The SMILES string of the molecule is CC(=O)NC1CCN(C(=O)[C@H](c2ccc(F)cc2)N(C)C)CC1. The molecule has 1 fully saturated rings. The van der Waals surface area contributed by atoms with Crippen LogP contribution in [0.2, 0.25) is 0 Å². The van der Waals surface area contributed by atoms with Crippen LogP contribution in [0, 0.1) is 5.82 Å². The van der Waals surface area contributed by atoms with E-state index in [1.807, 2.05) is 23.9 Å². The number of amides is 2. The highest BCUT2D eigenvalue weighted by Crippen LogP contribution is 2.23. The first-order valence-electron chi connectivity index (χ1n) is 7.86. The number of piperidine rings is 1. The molecule has 0 saturated carbocycles.